The van der Waals surface area contributed by atoms with Gasteiger partial charge in [0.15, 0.2) is 0 Å². The molecule has 2 bridgehead atoms. The molecule has 0 aromatic heterocycles. The molecule has 0 spiro atoms. The van der Waals surface area contributed by atoms with Crippen LogP contribution in [0.4, 0.5) is 4.79 Å². The van der Waals surface area contributed by atoms with Crippen LogP contribution in [-0.2, 0) is 4.74 Å². The maximum absolute atomic E-state index is 12.1. The number of hydrogen-bond acceptors (Lipinski definition) is 4. The number of carbonyl (C=O) groups is 1. The van der Waals surface area contributed by atoms with Gasteiger partial charge < -0.3 is 15.4 Å². The van der Waals surface area contributed by atoms with Crippen LogP contribution in [0.5, 0.6) is 0 Å². The van der Waals surface area contributed by atoms with Crippen molar-refractivity contribution in [2.24, 2.45) is 11.8 Å². The van der Waals surface area contributed by atoms with E-state index in [0.29, 0.717) is 11.3 Å². The summed E-state index contributed by atoms with van der Waals surface area (Å²) in [7, 11) is 0. The second-order valence-electron chi connectivity index (χ2n) is 6.55. The summed E-state index contributed by atoms with van der Waals surface area (Å²) in [5.74, 6) is 1.34. The zero-order valence-electron chi connectivity index (χ0n) is 12.2. The lowest BCUT2D eigenvalue weighted by molar-refractivity contribution is 0.0238. The first-order valence-electron chi connectivity index (χ1n) is 7.64. The van der Waals surface area contributed by atoms with Crippen LogP contribution in [0.25, 0.3) is 0 Å². The molecule has 2 atom stereocenters. The Labute approximate surface area is 125 Å². The minimum atomic E-state index is -0.249. The third-order valence-corrected chi connectivity index (χ3v) is 5.96. The number of amides is 1. The fourth-order valence-corrected chi connectivity index (χ4v) is 5.01. The number of nitrogens with one attached hydrogen (secondary N) is 2. The quantitative estimate of drug-likeness (QED) is 0.839. The van der Waals surface area contributed by atoms with E-state index in [1.165, 1.54) is 19.3 Å². The topological polar surface area (TPSA) is 50.4 Å². The maximum Gasteiger partial charge on any atom is 0.407 e. The molecule has 0 radical (unpaired) electrons. The van der Waals surface area contributed by atoms with Gasteiger partial charge in [-0.05, 0) is 57.3 Å². The predicted molar refractivity (Wildman–Crippen MR) is 81.2 cm³/mol. The molecule has 1 amide bonds. The number of rotatable bonds is 3. The molecule has 5 heteroatoms. The maximum atomic E-state index is 12.1. The van der Waals surface area contributed by atoms with Gasteiger partial charge in [-0.2, -0.15) is 0 Å². The molecule has 0 saturated heterocycles. The summed E-state index contributed by atoms with van der Waals surface area (Å²) >= 11 is 1.84. The molecule has 3 aliphatic carbocycles. The molecule has 20 heavy (non-hydrogen) atoms. The number of fused-ring (bicyclic) bond motifs is 3. The average molecular weight is 296 g/mol. The van der Waals surface area contributed by atoms with Crippen molar-refractivity contribution in [3.05, 3.63) is 11.6 Å². The highest BCUT2D eigenvalue weighted by Crippen LogP contribution is 2.51. The Hall–Kier alpha value is -0.840. The van der Waals surface area contributed by atoms with Gasteiger partial charge in [0.1, 0.15) is 0 Å². The van der Waals surface area contributed by atoms with Crippen molar-refractivity contribution in [3.63, 3.8) is 0 Å². The fourth-order valence-electron chi connectivity index (χ4n) is 3.97. The van der Waals surface area contributed by atoms with Crippen molar-refractivity contribution in [2.45, 2.75) is 63.0 Å². The van der Waals surface area contributed by atoms with E-state index in [1.807, 2.05) is 31.8 Å². The van der Waals surface area contributed by atoms with Gasteiger partial charge in [0.25, 0.3) is 0 Å². The molecular weight excluding hydrogens is 272 g/mol. The zero-order valence-corrected chi connectivity index (χ0v) is 13.0. The second kappa shape index (κ2) is 5.51. The molecular formula is C15H24N2O2S. The van der Waals surface area contributed by atoms with E-state index in [0.717, 1.165) is 18.8 Å². The van der Waals surface area contributed by atoms with Crippen molar-refractivity contribution in [1.82, 2.24) is 10.6 Å². The number of thioether (sulfide) groups is 1. The summed E-state index contributed by atoms with van der Waals surface area (Å²) in [6, 6.07) is 0. The van der Waals surface area contributed by atoms with E-state index in [4.69, 9.17) is 4.74 Å². The van der Waals surface area contributed by atoms with Crippen LogP contribution >= 0.6 is 11.8 Å². The SMILES string of the molecule is CC(C)OC(=O)NC12CCC(CC1)CC2C1NC=CS1. The molecule has 2 N–H and O–H groups in total. The van der Waals surface area contributed by atoms with E-state index >= 15 is 0 Å². The van der Waals surface area contributed by atoms with Crippen molar-refractivity contribution >= 4 is 17.9 Å². The Morgan fingerprint density at radius 3 is 2.80 bits per heavy atom. The highest BCUT2D eigenvalue weighted by molar-refractivity contribution is 8.02. The van der Waals surface area contributed by atoms with Crippen LogP contribution in [-0.4, -0.2) is 23.1 Å². The van der Waals surface area contributed by atoms with Gasteiger partial charge in [-0.15, -0.1) is 11.8 Å². The third kappa shape index (κ3) is 2.65. The first kappa shape index (κ1) is 14.1. The monoisotopic (exact) mass is 296 g/mol. The highest BCUT2D eigenvalue weighted by atomic mass is 32.2. The van der Waals surface area contributed by atoms with Crippen LogP contribution in [0.3, 0.4) is 0 Å². The van der Waals surface area contributed by atoms with Gasteiger partial charge in [-0.3, -0.25) is 0 Å². The number of hydrogen-bond donors (Lipinski definition) is 2. The van der Waals surface area contributed by atoms with Crippen molar-refractivity contribution in [3.8, 4) is 0 Å². The molecule has 4 rings (SSSR count). The molecule has 4 nitrogen and oxygen atoms in total. The van der Waals surface area contributed by atoms with Crippen LogP contribution < -0.4 is 10.6 Å². The van der Waals surface area contributed by atoms with Crippen molar-refractivity contribution in [2.75, 3.05) is 0 Å². The van der Waals surface area contributed by atoms with Crippen LogP contribution in [0.2, 0.25) is 0 Å². The fraction of sp³-hybridized carbons (Fsp3) is 0.800. The molecule has 1 heterocycles. The second-order valence-corrected chi connectivity index (χ2v) is 7.60. The minimum absolute atomic E-state index is 0.0644. The van der Waals surface area contributed by atoms with Crippen LogP contribution in [0.15, 0.2) is 11.6 Å². The van der Waals surface area contributed by atoms with E-state index in [9.17, 15) is 4.79 Å². The van der Waals surface area contributed by atoms with E-state index in [2.05, 4.69) is 16.0 Å². The average Bonchev–Trinajstić information content (AvgIpc) is 2.92. The summed E-state index contributed by atoms with van der Waals surface area (Å²) < 4.78 is 5.32. The van der Waals surface area contributed by atoms with Crippen molar-refractivity contribution in [1.29, 1.82) is 0 Å². The largest absolute Gasteiger partial charge is 0.447 e. The number of carbonyl (C=O) groups excluding carboxylic acids is 1. The van der Waals surface area contributed by atoms with Gasteiger partial charge in [-0.1, -0.05) is 0 Å². The lowest BCUT2D eigenvalue weighted by atomic mass is 9.59. The lowest BCUT2D eigenvalue weighted by Gasteiger charge is -2.53. The highest BCUT2D eigenvalue weighted by Gasteiger charge is 2.52. The summed E-state index contributed by atoms with van der Waals surface area (Å²) in [4.78, 5) is 12.1. The lowest BCUT2D eigenvalue weighted by Crippen LogP contribution is -2.63. The first-order valence-corrected chi connectivity index (χ1v) is 8.59. The minimum Gasteiger partial charge on any atom is -0.447 e. The van der Waals surface area contributed by atoms with Gasteiger partial charge >= 0.3 is 6.09 Å². The third-order valence-electron chi connectivity index (χ3n) is 4.91. The Bertz CT molecular complexity index is 395. The number of ether oxygens (including phenoxy) is 1. The standard InChI is InChI=1S/C15H24N2O2S/c1-10(2)19-14(18)17-15-5-3-11(4-6-15)9-12(15)13-16-7-8-20-13/h7-8,10-13,16H,3-6,9H2,1-2H3,(H,17,18). The predicted octanol–water partition coefficient (Wildman–Crippen LogP) is 3.20. The summed E-state index contributed by atoms with van der Waals surface area (Å²) in [6.07, 6.45) is 7.59. The molecule has 3 saturated carbocycles. The molecule has 3 fully saturated rings. The van der Waals surface area contributed by atoms with Gasteiger partial charge in [0.05, 0.1) is 11.5 Å². The molecule has 4 aliphatic rings. The van der Waals surface area contributed by atoms with Gasteiger partial charge in [0, 0.05) is 17.7 Å². The number of alkyl carbamates (subject to hydrolysis) is 1. The molecule has 2 unspecified atom stereocenters. The van der Waals surface area contributed by atoms with Crippen LogP contribution in [0, 0.1) is 11.8 Å². The normalized spacial score (nSPS) is 38.9. The molecule has 112 valence electrons. The van der Waals surface area contributed by atoms with Gasteiger partial charge in [-0.25, -0.2) is 4.79 Å². The van der Waals surface area contributed by atoms with Crippen LogP contribution in [0.1, 0.15) is 46.0 Å². The van der Waals surface area contributed by atoms with Gasteiger partial charge in [0.2, 0.25) is 0 Å². The summed E-state index contributed by atoms with van der Waals surface area (Å²) in [5, 5.41) is 9.19. The van der Waals surface area contributed by atoms with Crippen molar-refractivity contribution < 1.29 is 9.53 Å². The molecule has 0 aromatic rings. The summed E-state index contributed by atoms with van der Waals surface area (Å²) in [6.45, 7) is 3.79. The van der Waals surface area contributed by atoms with E-state index < -0.39 is 0 Å². The Balaban J connectivity index is 1.73. The molecule has 1 aliphatic heterocycles. The summed E-state index contributed by atoms with van der Waals surface area (Å²) in [5.41, 5.74) is -0.0720. The van der Waals surface area contributed by atoms with E-state index in [1.54, 1.807) is 0 Å². The molecule has 0 aromatic carbocycles. The Morgan fingerprint density at radius 1 is 1.45 bits per heavy atom. The smallest absolute Gasteiger partial charge is 0.407 e. The first-order chi connectivity index (χ1) is 9.59. The Kier molecular flexibility index (Phi) is 3.89. The van der Waals surface area contributed by atoms with E-state index in [-0.39, 0.29) is 17.7 Å². The zero-order chi connectivity index (χ0) is 14.2. The Morgan fingerprint density at radius 2 is 2.20 bits per heavy atom.